The summed E-state index contributed by atoms with van der Waals surface area (Å²) in [7, 11) is 0.238. The van der Waals surface area contributed by atoms with Crippen molar-refractivity contribution in [3.05, 3.63) is 30.0 Å². The molecule has 1 atom stereocenters. The second kappa shape index (κ2) is 5.31. The topological polar surface area (TPSA) is 79.5 Å². The average molecular weight is 322 g/mol. The van der Waals surface area contributed by atoms with Crippen LogP contribution in [0.4, 0.5) is 0 Å². The van der Waals surface area contributed by atoms with Gasteiger partial charge in [0.2, 0.25) is 0 Å². The van der Waals surface area contributed by atoms with E-state index in [1.54, 1.807) is 26.4 Å². The molecule has 2 heterocycles. The quantitative estimate of drug-likeness (QED) is 0.927. The van der Waals surface area contributed by atoms with E-state index in [0.29, 0.717) is 17.7 Å². The number of carbonyl (C=O) groups is 1. The Hall–Kier alpha value is -2.02. The van der Waals surface area contributed by atoms with E-state index in [1.165, 1.54) is 4.90 Å². The number of methoxy groups -OCH3 is 1. The van der Waals surface area contributed by atoms with Crippen molar-refractivity contribution in [2.75, 3.05) is 25.7 Å². The molecule has 1 amide bonds. The molecular weight excluding hydrogens is 304 g/mol. The van der Waals surface area contributed by atoms with Gasteiger partial charge in [0.15, 0.2) is 9.84 Å². The van der Waals surface area contributed by atoms with Crippen molar-refractivity contribution in [1.29, 1.82) is 0 Å². The number of hydrogen-bond acceptors (Lipinski definition) is 4. The number of benzene rings is 1. The summed E-state index contributed by atoms with van der Waals surface area (Å²) in [5.41, 5.74) is 1.36. The van der Waals surface area contributed by atoms with E-state index in [9.17, 15) is 13.2 Å². The van der Waals surface area contributed by atoms with Gasteiger partial charge in [0, 0.05) is 36.3 Å². The molecule has 1 N–H and O–H groups in total. The Kier molecular flexibility index (Phi) is 3.60. The fourth-order valence-corrected chi connectivity index (χ4v) is 4.62. The first kappa shape index (κ1) is 14.9. The van der Waals surface area contributed by atoms with Gasteiger partial charge in [-0.3, -0.25) is 4.79 Å². The molecule has 0 spiro atoms. The molecule has 3 rings (SSSR count). The number of nitrogens with zero attached hydrogens (tertiary/aromatic N) is 1. The summed E-state index contributed by atoms with van der Waals surface area (Å²) in [6, 6.07) is 5.21. The number of H-pyrrole nitrogens is 1. The fourth-order valence-electron chi connectivity index (χ4n) is 2.85. The molecule has 1 unspecified atom stereocenters. The Morgan fingerprint density at radius 2 is 2.18 bits per heavy atom. The van der Waals surface area contributed by atoms with Gasteiger partial charge in [0.1, 0.15) is 5.75 Å². The molecule has 22 heavy (non-hydrogen) atoms. The Labute approximate surface area is 129 Å². The zero-order valence-electron chi connectivity index (χ0n) is 12.5. The monoisotopic (exact) mass is 322 g/mol. The number of aromatic amines is 1. The number of aromatic nitrogens is 1. The van der Waals surface area contributed by atoms with E-state index >= 15 is 0 Å². The Bertz CT molecular complexity index is 825. The summed E-state index contributed by atoms with van der Waals surface area (Å²) in [5.74, 6) is 0.744. The van der Waals surface area contributed by atoms with Gasteiger partial charge in [-0.15, -0.1) is 0 Å². The normalized spacial score (nSPS) is 20.2. The van der Waals surface area contributed by atoms with Crippen LogP contribution in [0.5, 0.6) is 5.75 Å². The van der Waals surface area contributed by atoms with E-state index in [-0.39, 0.29) is 23.5 Å². The van der Waals surface area contributed by atoms with Gasteiger partial charge >= 0.3 is 0 Å². The predicted octanol–water partition coefficient (Wildman–Crippen LogP) is 1.44. The smallest absolute Gasteiger partial charge is 0.256 e. The Morgan fingerprint density at radius 1 is 1.41 bits per heavy atom. The van der Waals surface area contributed by atoms with Gasteiger partial charge in [0.05, 0.1) is 24.2 Å². The molecular formula is C15H18N2O4S. The lowest BCUT2D eigenvalue weighted by Crippen LogP contribution is -2.37. The van der Waals surface area contributed by atoms with E-state index in [0.717, 1.165) is 10.9 Å². The van der Waals surface area contributed by atoms with E-state index in [1.807, 2.05) is 12.1 Å². The zero-order chi connectivity index (χ0) is 15.9. The van der Waals surface area contributed by atoms with Gasteiger partial charge in [-0.05, 0) is 18.6 Å². The van der Waals surface area contributed by atoms with Crippen LogP contribution in [0, 0.1) is 0 Å². The van der Waals surface area contributed by atoms with Crippen LogP contribution in [0.15, 0.2) is 24.4 Å². The lowest BCUT2D eigenvalue weighted by Gasteiger charge is -2.23. The minimum Gasteiger partial charge on any atom is -0.497 e. The van der Waals surface area contributed by atoms with E-state index in [2.05, 4.69) is 4.98 Å². The highest BCUT2D eigenvalue weighted by Crippen LogP contribution is 2.25. The van der Waals surface area contributed by atoms with Crippen molar-refractivity contribution in [3.63, 3.8) is 0 Å². The number of fused-ring (bicyclic) bond motifs is 1. The molecule has 1 aromatic carbocycles. The van der Waals surface area contributed by atoms with Crippen LogP contribution in [0.25, 0.3) is 10.9 Å². The number of sulfone groups is 1. The molecule has 1 aliphatic heterocycles. The Morgan fingerprint density at radius 3 is 2.82 bits per heavy atom. The number of ether oxygens (including phenoxy) is 1. The number of rotatable bonds is 3. The molecule has 6 nitrogen and oxygen atoms in total. The summed E-state index contributed by atoms with van der Waals surface area (Å²) in [6.45, 7) is 0. The summed E-state index contributed by atoms with van der Waals surface area (Å²) >= 11 is 0. The van der Waals surface area contributed by atoms with Crippen LogP contribution in [-0.2, 0) is 9.84 Å². The number of hydrogen-bond donors (Lipinski definition) is 1. The van der Waals surface area contributed by atoms with Crippen LogP contribution in [0.1, 0.15) is 16.8 Å². The van der Waals surface area contributed by atoms with Gasteiger partial charge in [-0.1, -0.05) is 0 Å². The molecule has 0 radical (unpaired) electrons. The third-order valence-electron chi connectivity index (χ3n) is 4.20. The maximum atomic E-state index is 12.7. The van der Waals surface area contributed by atoms with Gasteiger partial charge in [-0.2, -0.15) is 0 Å². The van der Waals surface area contributed by atoms with Crippen molar-refractivity contribution in [3.8, 4) is 5.75 Å². The van der Waals surface area contributed by atoms with Gasteiger partial charge in [0.25, 0.3) is 5.91 Å². The molecule has 0 saturated carbocycles. The molecule has 1 aromatic heterocycles. The predicted molar refractivity (Wildman–Crippen MR) is 84.0 cm³/mol. The van der Waals surface area contributed by atoms with Crippen molar-refractivity contribution in [2.24, 2.45) is 0 Å². The van der Waals surface area contributed by atoms with Crippen LogP contribution < -0.4 is 4.74 Å². The van der Waals surface area contributed by atoms with Crippen LogP contribution in [0.3, 0.4) is 0 Å². The minimum atomic E-state index is -3.01. The molecule has 0 aliphatic carbocycles. The maximum absolute atomic E-state index is 12.7. The first-order chi connectivity index (χ1) is 10.4. The summed E-state index contributed by atoms with van der Waals surface area (Å²) in [5, 5.41) is 0.804. The van der Waals surface area contributed by atoms with Crippen LogP contribution in [0.2, 0.25) is 0 Å². The Balaban J connectivity index is 1.89. The molecule has 7 heteroatoms. The summed E-state index contributed by atoms with van der Waals surface area (Å²) < 4.78 is 28.3. The highest BCUT2D eigenvalue weighted by Gasteiger charge is 2.33. The summed E-state index contributed by atoms with van der Waals surface area (Å²) in [6.07, 6.45) is 2.16. The molecule has 1 fully saturated rings. The largest absolute Gasteiger partial charge is 0.497 e. The number of amides is 1. The molecule has 2 aromatic rings. The lowest BCUT2D eigenvalue weighted by molar-refractivity contribution is 0.0749. The lowest BCUT2D eigenvalue weighted by atomic mass is 10.1. The zero-order valence-corrected chi connectivity index (χ0v) is 13.3. The standard InChI is InChI=1S/C15H18N2O4S/c1-17(10-5-6-22(19,20)9-10)15(18)13-8-16-14-7-11(21-2)3-4-12(13)14/h3-4,7-8,10,16H,5-6,9H2,1-2H3. The first-order valence-electron chi connectivity index (χ1n) is 7.04. The highest BCUT2D eigenvalue weighted by atomic mass is 32.2. The highest BCUT2D eigenvalue weighted by molar-refractivity contribution is 7.91. The minimum absolute atomic E-state index is 0.0470. The van der Waals surface area contributed by atoms with Gasteiger partial charge in [-0.25, -0.2) is 8.42 Å². The first-order valence-corrected chi connectivity index (χ1v) is 8.86. The second-order valence-electron chi connectivity index (χ2n) is 5.59. The third-order valence-corrected chi connectivity index (χ3v) is 5.95. The van der Waals surface area contributed by atoms with Gasteiger partial charge < -0.3 is 14.6 Å². The average Bonchev–Trinajstić information content (AvgIpc) is 3.08. The van der Waals surface area contributed by atoms with E-state index in [4.69, 9.17) is 4.74 Å². The van der Waals surface area contributed by atoms with Crippen molar-refractivity contribution >= 4 is 26.6 Å². The maximum Gasteiger partial charge on any atom is 0.256 e. The molecule has 1 saturated heterocycles. The van der Waals surface area contributed by atoms with Crippen molar-refractivity contribution < 1.29 is 17.9 Å². The van der Waals surface area contributed by atoms with Crippen molar-refractivity contribution in [2.45, 2.75) is 12.5 Å². The SMILES string of the molecule is COc1ccc2c(C(=O)N(C)C3CCS(=O)(=O)C3)c[nH]c2c1. The fraction of sp³-hybridized carbons (Fsp3) is 0.400. The summed E-state index contributed by atoms with van der Waals surface area (Å²) in [4.78, 5) is 17.3. The van der Waals surface area contributed by atoms with Crippen molar-refractivity contribution in [1.82, 2.24) is 9.88 Å². The van der Waals surface area contributed by atoms with Crippen LogP contribution in [-0.4, -0.2) is 55.9 Å². The van der Waals surface area contributed by atoms with E-state index < -0.39 is 9.84 Å². The van der Waals surface area contributed by atoms with Crippen LogP contribution >= 0.6 is 0 Å². The third kappa shape index (κ3) is 2.56. The number of carbonyl (C=O) groups excluding carboxylic acids is 1. The second-order valence-corrected chi connectivity index (χ2v) is 7.82. The molecule has 118 valence electrons. The molecule has 1 aliphatic rings. The number of nitrogens with one attached hydrogen (secondary N) is 1. The molecule has 0 bridgehead atoms.